The third kappa shape index (κ3) is 3.70. The van der Waals surface area contributed by atoms with Crippen molar-refractivity contribution in [3.63, 3.8) is 0 Å². The van der Waals surface area contributed by atoms with Crippen LogP contribution in [0.15, 0.2) is 79.1 Å². The van der Waals surface area contributed by atoms with Crippen LogP contribution in [0.2, 0.25) is 0 Å². The summed E-state index contributed by atoms with van der Waals surface area (Å²) in [7, 11) is 0. The Hall–Kier alpha value is -3.86. The van der Waals surface area contributed by atoms with E-state index >= 15 is 0 Å². The normalized spacial score (nSPS) is 12.9. The average molecular weight is 407 g/mol. The number of rotatable bonds is 1. The molecule has 4 aromatic carbocycles. The van der Waals surface area contributed by atoms with Crippen LogP contribution in [0.3, 0.4) is 0 Å². The molecule has 152 valence electrons. The van der Waals surface area contributed by atoms with E-state index in [0.717, 1.165) is 0 Å². The van der Waals surface area contributed by atoms with Crippen molar-refractivity contribution in [1.29, 1.82) is 0 Å². The zero-order valence-electron chi connectivity index (χ0n) is 17.0. The van der Waals surface area contributed by atoms with Crippen molar-refractivity contribution in [3.8, 4) is 0 Å². The number of aryl methyl sites for hydroxylation is 2. The number of hydrogen-bond donors (Lipinski definition) is 0. The summed E-state index contributed by atoms with van der Waals surface area (Å²) >= 11 is 0. The Labute approximate surface area is 179 Å². The molecule has 6 rings (SSSR count). The Balaban J connectivity index is 0.000000140. The fourth-order valence-electron chi connectivity index (χ4n) is 4.41. The molecule has 0 saturated carbocycles. The molecule has 0 unspecified atom stereocenters. The van der Waals surface area contributed by atoms with E-state index in [9.17, 15) is 10.1 Å². The number of nitrogens with zero attached hydrogens (tertiary/aromatic N) is 3. The Kier molecular flexibility index (Phi) is 5.00. The lowest BCUT2D eigenvalue weighted by molar-refractivity contribution is -0.384. The van der Waals surface area contributed by atoms with Gasteiger partial charge in [0.1, 0.15) is 0 Å². The van der Waals surface area contributed by atoms with Crippen LogP contribution < -0.4 is 0 Å². The first-order valence-corrected chi connectivity index (χ1v) is 10.5. The van der Waals surface area contributed by atoms with Crippen molar-refractivity contribution in [2.75, 3.05) is 0 Å². The molecule has 5 aromatic rings. The lowest BCUT2D eigenvalue weighted by Crippen LogP contribution is -2.02. The summed E-state index contributed by atoms with van der Waals surface area (Å²) in [6, 6.07) is 22.4. The summed E-state index contributed by atoms with van der Waals surface area (Å²) in [5.41, 5.74) is 4.41. The monoisotopic (exact) mass is 407 g/mol. The number of non-ortho nitro benzene ring substituents is 1. The van der Waals surface area contributed by atoms with Gasteiger partial charge in [0.2, 0.25) is 0 Å². The molecular formula is C26H21N3O2. The van der Waals surface area contributed by atoms with E-state index < -0.39 is 4.92 Å². The zero-order chi connectivity index (χ0) is 21.2. The van der Waals surface area contributed by atoms with E-state index in [1.54, 1.807) is 23.4 Å². The Bertz CT molecular complexity index is 1430. The van der Waals surface area contributed by atoms with Crippen LogP contribution in [0.4, 0.5) is 5.69 Å². The zero-order valence-corrected chi connectivity index (χ0v) is 17.0. The summed E-state index contributed by atoms with van der Waals surface area (Å²) in [5.74, 6) is 0. The van der Waals surface area contributed by atoms with E-state index in [1.165, 1.54) is 65.6 Å². The van der Waals surface area contributed by atoms with Crippen molar-refractivity contribution in [2.24, 2.45) is 0 Å². The molecule has 0 aliphatic heterocycles. The number of fused-ring (bicyclic) bond motifs is 6. The highest BCUT2D eigenvalue weighted by atomic mass is 16.6. The molecule has 5 nitrogen and oxygen atoms in total. The molecule has 0 radical (unpaired) electrons. The first-order valence-electron chi connectivity index (χ1n) is 10.5. The van der Waals surface area contributed by atoms with E-state index in [1.807, 2.05) is 0 Å². The Morgan fingerprint density at radius 2 is 1.52 bits per heavy atom. The van der Waals surface area contributed by atoms with Gasteiger partial charge in [0.25, 0.3) is 5.69 Å². The smallest absolute Gasteiger partial charge is 0.258 e. The minimum Gasteiger partial charge on any atom is -0.258 e. The molecule has 0 atom stereocenters. The van der Waals surface area contributed by atoms with Crippen molar-refractivity contribution in [1.82, 2.24) is 9.97 Å². The molecule has 1 heterocycles. The van der Waals surface area contributed by atoms with Crippen molar-refractivity contribution in [3.05, 3.63) is 100 Å². The summed E-state index contributed by atoms with van der Waals surface area (Å²) < 4.78 is 0. The van der Waals surface area contributed by atoms with Crippen LogP contribution in [-0.2, 0) is 12.8 Å². The Morgan fingerprint density at radius 3 is 2.39 bits per heavy atom. The predicted octanol–water partition coefficient (Wildman–Crippen LogP) is 6.41. The van der Waals surface area contributed by atoms with Crippen LogP contribution >= 0.6 is 0 Å². The van der Waals surface area contributed by atoms with Gasteiger partial charge in [-0.3, -0.25) is 20.1 Å². The fraction of sp³-hybridized carbons (Fsp3) is 0.154. The number of nitro benzene ring substituents is 1. The standard InChI is InChI=1S/C18H16.C8H5N3O2/c1-3-7-15-13(5-1)9-11-18-16-8-4-2-6-14(16)10-12-17(15)18;12-11(13)6-1-2-7-8(5-6)10-4-3-9-7/h1,3,5,7,9-12H,2,4,6,8H2;1-5H. The van der Waals surface area contributed by atoms with Crippen LogP contribution in [0.25, 0.3) is 32.6 Å². The van der Waals surface area contributed by atoms with E-state index in [-0.39, 0.29) is 5.69 Å². The van der Waals surface area contributed by atoms with Gasteiger partial charge in [-0.2, -0.15) is 0 Å². The summed E-state index contributed by atoms with van der Waals surface area (Å²) in [6.07, 6.45) is 8.27. The van der Waals surface area contributed by atoms with Crippen LogP contribution in [0, 0.1) is 10.1 Å². The molecule has 0 saturated heterocycles. The maximum absolute atomic E-state index is 10.4. The van der Waals surface area contributed by atoms with Gasteiger partial charge in [0, 0.05) is 24.5 Å². The van der Waals surface area contributed by atoms with Gasteiger partial charge >= 0.3 is 0 Å². The lowest BCUT2D eigenvalue weighted by Gasteiger charge is -2.18. The third-order valence-electron chi connectivity index (χ3n) is 5.92. The summed E-state index contributed by atoms with van der Waals surface area (Å²) in [4.78, 5) is 17.9. The molecule has 5 heteroatoms. The second kappa shape index (κ2) is 8.11. The molecule has 1 aliphatic carbocycles. The third-order valence-corrected chi connectivity index (χ3v) is 5.92. The van der Waals surface area contributed by atoms with Crippen LogP contribution in [0.1, 0.15) is 24.0 Å². The topological polar surface area (TPSA) is 68.9 Å². The van der Waals surface area contributed by atoms with Crippen LogP contribution in [0.5, 0.6) is 0 Å². The maximum atomic E-state index is 10.4. The van der Waals surface area contributed by atoms with Gasteiger partial charge in [0.15, 0.2) is 0 Å². The highest BCUT2D eigenvalue weighted by Crippen LogP contribution is 2.33. The molecule has 0 spiro atoms. The minimum absolute atomic E-state index is 0.0352. The second-order valence-electron chi connectivity index (χ2n) is 7.78. The van der Waals surface area contributed by atoms with Crippen molar-refractivity contribution < 1.29 is 4.92 Å². The van der Waals surface area contributed by atoms with Gasteiger partial charge in [0.05, 0.1) is 16.0 Å². The lowest BCUT2D eigenvalue weighted by atomic mass is 9.86. The molecule has 0 fully saturated rings. The maximum Gasteiger partial charge on any atom is 0.271 e. The molecule has 0 bridgehead atoms. The Morgan fingerprint density at radius 1 is 0.742 bits per heavy atom. The predicted molar refractivity (Wildman–Crippen MR) is 124 cm³/mol. The first kappa shape index (κ1) is 19.1. The van der Waals surface area contributed by atoms with E-state index in [0.29, 0.717) is 11.0 Å². The molecule has 0 N–H and O–H groups in total. The van der Waals surface area contributed by atoms with Gasteiger partial charge in [-0.25, -0.2) is 0 Å². The summed E-state index contributed by atoms with van der Waals surface area (Å²) in [5, 5.41) is 16.0. The van der Waals surface area contributed by atoms with E-state index in [4.69, 9.17) is 0 Å². The number of nitro groups is 1. The van der Waals surface area contributed by atoms with Crippen molar-refractivity contribution >= 4 is 38.3 Å². The SMILES string of the molecule is O=[N+]([O-])c1ccc2nccnc2c1.c1ccc2c(c1)ccc1c3c(ccc12)CCCC3. The van der Waals surface area contributed by atoms with Crippen LogP contribution in [-0.4, -0.2) is 14.9 Å². The molecular weight excluding hydrogens is 386 g/mol. The molecule has 1 aliphatic rings. The first-order chi connectivity index (χ1) is 15.2. The van der Waals surface area contributed by atoms with Gasteiger partial charge in [-0.05, 0) is 64.4 Å². The average Bonchev–Trinajstić information content (AvgIpc) is 2.83. The molecule has 1 aromatic heterocycles. The highest BCUT2D eigenvalue weighted by molar-refractivity contribution is 6.08. The van der Waals surface area contributed by atoms with E-state index in [2.05, 4.69) is 58.5 Å². The second-order valence-corrected chi connectivity index (χ2v) is 7.78. The van der Waals surface area contributed by atoms with Crippen molar-refractivity contribution in [2.45, 2.75) is 25.7 Å². The highest BCUT2D eigenvalue weighted by Gasteiger charge is 2.13. The minimum atomic E-state index is -0.450. The number of benzene rings is 4. The molecule has 0 amide bonds. The van der Waals surface area contributed by atoms with Gasteiger partial charge < -0.3 is 0 Å². The number of hydrogen-bond acceptors (Lipinski definition) is 4. The van der Waals surface area contributed by atoms with Gasteiger partial charge in [-0.1, -0.05) is 48.5 Å². The quantitative estimate of drug-likeness (QED) is 0.183. The summed E-state index contributed by atoms with van der Waals surface area (Å²) in [6.45, 7) is 0. The fourth-order valence-corrected chi connectivity index (χ4v) is 4.41. The van der Waals surface area contributed by atoms with Gasteiger partial charge in [-0.15, -0.1) is 0 Å². The number of aromatic nitrogens is 2. The largest absolute Gasteiger partial charge is 0.271 e. The molecule has 31 heavy (non-hydrogen) atoms.